The molecule has 134 valence electrons. The normalized spacial score (nSPS) is 18.0. The molecule has 1 atom stereocenters. The SMILES string of the molecule is CN=C(NCC1(Cc2ccccc2)CC1)NC(C)CCS(C)(=O)=O. The lowest BCUT2D eigenvalue weighted by Gasteiger charge is -2.21. The molecule has 0 radical (unpaired) electrons. The lowest BCUT2D eigenvalue weighted by molar-refractivity contribution is 0.488. The second kappa shape index (κ2) is 8.01. The molecule has 0 spiro atoms. The predicted octanol–water partition coefficient (Wildman–Crippen LogP) is 2.00. The van der Waals surface area contributed by atoms with Gasteiger partial charge in [-0.05, 0) is 43.6 Å². The number of hydrogen-bond donors (Lipinski definition) is 2. The molecule has 0 bridgehead atoms. The molecule has 2 rings (SSSR count). The second-order valence-corrected chi connectivity index (χ2v) is 9.31. The van der Waals surface area contributed by atoms with Crippen molar-refractivity contribution in [2.45, 2.75) is 38.6 Å². The quantitative estimate of drug-likeness (QED) is 0.555. The first-order valence-electron chi connectivity index (χ1n) is 8.51. The van der Waals surface area contributed by atoms with E-state index < -0.39 is 9.84 Å². The van der Waals surface area contributed by atoms with Crippen LogP contribution < -0.4 is 10.6 Å². The molecule has 0 saturated heterocycles. The summed E-state index contributed by atoms with van der Waals surface area (Å²) in [7, 11) is -1.18. The van der Waals surface area contributed by atoms with Gasteiger partial charge in [0.15, 0.2) is 5.96 Å². The van der Waals surface area contributed by atoms with Gasteiger partial charge in [0, 0.05) is 25.9 Å². The van der Waals surface area contributed by atoms with Crippen LogP contribution in [0.2, 0.25) is 0 Å². The summed E-state index contributed by atoms with van der Waals surface area (Å²) < 4.78 is 22.5. The van der Waals surface area contributed by atoms with Crippen LogP contribution in [0, 0.1) is 5.41 Å². The minimum Gasteiger partial charge on any atom is -0.356 e. The van der Waals surface area contributed by atoms with Crippen LogP contribution in [0.4, 0.5) is 0 Å². The number of rotatable bonds is 8. The maximum Gasteiger partial charge on any atom is 0.191 e. The van der Waals surface area contributed by atoms with Crippen molar-refractivity contribution < 1.29 is 8.42 Å². The summed E-state index contributed by atoms with van der Waals surface area (Å²) in [5, 5.41) is 6.69. The Labute approximate surface area is 145 Å². The summed E-state index contributed by atoms with van der Waals surface area (Å²) in [6.07, 6.45) is 5.40. The van der Waals surface area contributed by atoms with E-state index in [1.165, 1.54) is 24.7 Å². The van der Waals surface area contributed by atoms with Crippen LogP contribution in [0.1, 0.15) is 31.7 Å². The Balaban J connectivity index is 1.79. The van der Waals surface area contributed by atoms with Gasteiger partial charge in [-0.1, -0.05) is 30.3 Å². The molecule has 0 aromatic heterocycles. The Hall–Kier alpha value is -1.56. The fraction of sp³-hybridized carbons (Fsp3) is 0.611. The summed E-state index contributed by atoms with van der Waals surface area (Å²) in [6, 6.07) is 10.6. The molecule has 1 aliphatic rings. The lowest BCUT2D eigenvalue weighted by Crippen LogP contribution is -2.44. The third-order valence-corrected chi connectivity index (χ3v) is 5.52. The fourth-order valence-electron chi connectivity index (χ4n) is 2.78. The molecule has 2 N–H and O–H groups in total. The summed E-state index contributed by atoms with van der Waals surface area (Å²) in [4.78, 5) is 4.26. The molecular formula is C18H29N3O2S. The zero-order chi connectivity index (χ0) is 17.6. The van der Waals surface area contributed by atoms with Gasteiger partial charge in [0.2, 0.25) is 0 Å². The smallest absolute Gasteiger partial charge is 0.191 e. The minimum atomic E-state index is -2.92. The number of nitrogens with one attached hydrogen (secondary N) is 2. The number of nitrogens with zero attached hydrogens (tertiary/aromatic N) is 1. The molecule has 1 aromatic rings. The topological polar surface area (TPSA) is 70.6 Å². The van der Waals surface area contributed by atoms with Crippen molar-refractivity contribution in [3.63, 3.8) is 0 Å². The molecule has 1 fully saturated rings. The maximum absolute atomic E-state index is 11.3. The van der Waals surface area contributed by atoms with Crippen molar-refractivity contribution >= 4 is 15.8 Å². The molecule has 5 nitrogen and oxygen atoms in total. The molecule has 1 aromatic carbocycles. The number of aliphatic imine (C=N–C) groups is 1. The van der Waals surface area contributed by atoms with E-state index in [9.17, 15) is 8.42 Å². The molecular weight excluding hydrogens is 322 g/mol. The van der Waals surface area contributed by atoms with Crippen LogP contribution in [0.3, 0.4) is 0 Å². The molecule has 0 amide bonds. The first-order chi connectivity index (χ1) is 11.3. The Morgan fingerprint density at radius 3 is 2.50 bits per heavy atom. The van der Waals surface area contributed by atoms with Crippen molar-refractivity contribution in [2.24, 2.45) is 10.4 Å². The summed E-state index contributed by atoms with van der Waals surface area (Å²) in [5.41, 5.74) is 1.70. The van der Waals surface area contributed by atoms with E-state index in [0.717, 1.165) is 18.9 Å². The third-order valence-electron chi connectivity index (χ3n) is 4.54. The number of benzene rings is 1. The largest absolute Gasteiger partial charge is 0.356 e. The van der Waals surface area contributed by atoms with Crippen LogP contribution in [0.5, 0.6) is 0 Å². The Kier molecular flexibility index (Phi) is 6.27. The highest BCUT2D eigenvalue weighted by atomic mass is 32.2. The Morgan fingerprint density at radius 2 is 1.96 bits per heavy atom. The predicted molar refractivity (Wildman–Crippen MR) is 100 cm³/mol. The molecule has 1 saturated carbocycles. The van der Waals surface area contributed by atoms with Gasteiger partial charge in [0.25, 0.3) is 0 Å². The lowest BCUT2D eigenvalue weighted by atomic mass is 9.96. The van der Waals surface area contributed by atoms with E-state index >= 15 is 0 Å². The number of sulfone groups is 1. The van der Waals surface area contributed by atoms with Crippen LogP contribution >= 0.6 is 0 Å². The highest BCUT2D eigenvalue weighted by molar-refractivity contribution is 7.90. The third kappa shape index (κ3) is 6.51. The average Bonchev–Trinajstić information content (AvgIpc) is 3.29. The van der Waals surface area contributed by atoms with E-state index in [-0.39, 0.29) is 11.8 Å². The van der Waals surface area contributed by atoms with E-state index in [0.29, 0.717) is 11.8 Å². The van der Waals surface area contributed by atoms with Crippen LogP contribution in [-0.4, -0.2) is 46.0 Å². The number of hydrogen-bond acceptors (Lipinski definition) is 3. The molecule has 1 unspecified atom stereocenters. The second-order valence-electron chi connectivity index (χ2n) is 7.05. The van der Waals surface area contributed by atoms with Gasteiger partial charge in [-0.3, -0.25) is 4.99 Å². The Morgan fingerprint density at radius 1 is 1.29 bits per heavy atom. The van der Waals surface area contributed by atoms with E-state index in [1.54, 1.807) is 7.05 Å². The van der Waals surface area contributed by atoms with Gasteiger partial charge in [-0.25, -0.2) is 8.42 Å². The molecule has 6 heteroatoms. The zero-order valence-electron chi connectivity index (χ0n) is 14.9. The monoisotopic (exact) mass is 351 g/mol. The van der Waals surface area contributed by atoms with E-state index in [1.807, 2.05) is 13.0 Å². The van der Waals surface area contributed by atoms with Crippen molar-refractivity contribution in [2.75, 3.05) is 25.6 Å². The average molecular weight is 352 g/mol. The van der Waals surface area contributed by atoms with Crippen LogP contribution in [-0.2, 0) is 16.3 Å². The highest BCUT2D eigenvalue weighted by Gasteiger charge is 2.42. The maximum atomic E-state index is 11.3. The van der Waals surface area contributed by atoms with Crippen molar-refractivity contribution in [1.29, 1.82) is 0 Å². The molecule has 0 heterocycles. The van der Waals surface area contributed by atoms with Crippen molar-refractivity contribution in [3.8, 4) is 0 Å². The minimum absolute atomic E-state index is 0.0650. The zero-order valence-corrected chi connectivity index (χ0v) is 15.7. The van der Waals surface area contributed by atoms with Gasteiger partial charge >= 0.3 is 0 Å². The van der Waals surface area contributed by atoms with Gasteiger partial charge in [0.05, 0.1) is 5.75 Å². The van der Waals surface area contributed by atoms with E-state index in [2.05, 4.69) is 39.9 Å². The fourth-order valence-corrected chi connectivity index (χ4v) is 3.57. The van der Waals surface area contributed by atoms with Crippen molar-refractivity contribution in [3.05, 3.63) is 35.9 Å². The number of guanidine groups is 1. The van der Waals surface area contributed by atoms with Crippen LogP contribution in [0.15, 0.2) is 35.3 Å². The summed E-state index contributed by atoms with van der Waals surface area (Å²) in [5.74, 6) is 0.936. The molecule has 24 heavy (non-hydrogen) atoms. The van der Waals surface area contributed by atoms with Gasteiger partial charge in [0.1, 0.15) is 9.84 Å². The molecule has 0 aliphatic heterocycles. The highest BCUT2D eigenvalue weighted by Crippen LogP contribution is 2.47. The first kappa shape index (κ1) is 18.8. The summed E-state index contributed by atoms with van der Waals surface area (Å²) >= 11 is 0. The van der Waals surface area contributed by atoms with Gasteiger partial charge in [-0.2, -0.15) is 0 Å². The first-order valence-corrected chi connectivity index (χ1v) is 10.6. The van der Waals surface area contributed by atoms with E-state index in [4.69, 9.17) is 0 Å². The molecule has 1 aliphatic carbocycles. The van der Waals surface area contributed by atoms with Crippen LogP contribution in [0.25, 0.3) is 0 Å². The van der Waals surface area contributed by atoms with Gasteiger partial charge < -0.3 is 10.6 Å². The summed E-state index contributed by atoms with van der Waals surface area (Å²) in [6.45, 7) is 2.87. The Bertz CT molecular complexity index is 652. The van der Waals surface area contributed by atoms with Gasteiger partial charge in [-0.15, -0.1) is 0 Å². The van der Waals surface area contributed by atoms with Crippen molar-refractivity contribution in [1.82, 2.24) is 10.6 Å². The standard InChI is InChI=1S/C18H29N3O2S/c1-15(9-12-24(3,22)23)21-17(19-2)20-14-18(10-11-18)13-16-7-5-4-6-8-16/h4-8,15H,9-14H2,1-3H3,(H2,19,20,21).